The summed E-state index contributed by atoms with van der Waals surface area (Å²) < 4.78 is 4.87. The SMILES string of the molecule is C/C=C1/CN=CO1. The Morgan fingerprint density at radius 1 is 2.00 bits per heavy atom. The Morgan fingerprint density at radius 2 is 2.86 bits per heavy atom. The molecule has 0 aliphatic carbocycles. The van der Waals surface area contributed by atoms with E-state index in [0.29, 0.717) is 0 Å². The normalized spacial score (nSPS) is 23.3. The summed E-state index contributed by atoms with van der Waals surface area (Å²) in [6, 6.07) is 0. The predicted molar refractivity (Wildman–Crippen MR) is 28.2 cm³/mol. The van der Waals surface area contributed by atoms with Gasteiger partial charge in [0, 0.05) is 0 Å². The zero-order valence-corrected chi connectivity index (χ0v) is 4.22. The maximum atomic E-state index is 4.87. The molecule has 0 aromatic heterocycles. The van der Waals surface area contributed by atoms with Crippen LogP contribution in [0.25, 0.3) is 0 Å². The lowest BCUT2D eigenvalue weighted by molar-refractivity contribution is 0.454. The third-order valence-corrected chi connectivity index (χ3v) is 0.848. The molecule has 0 bridgehead atoms. The first-order chi connectivity index (χ1) is 3.43. The zero-order valence-electron chi connectivity index (χ0n) is 4.22. The summed E-state index contributed by atoms with van der Waals surface area (Å²) in [5, 5.41) is 0. The lowest BCUT2D eigenvalue weighted by Crippen LogP contribution is -1.80. The van der Waals surface area contributed by atoms with E-state index in [1.807, 2.05) is 13.0 Å². The van der Waals surface area contributed by atoms with E-state index in [4.69, 9.17) is 4.74 Å². The lowest BCUT2D eigenvalue weighted by atomic mass is 10.5. The summed E-state index contributed by atoms with van der Waals surface area (Å²) in [5.41, 5.74) is 0. The van der Waals surface area contributed by atoms with Crippen LogP contribution in [0.1, 0.15) is 6.92 Å². The van der Waals surface area contributed by atoms with Gasteiger partial charge < -0.3 is 4.74 Å². The Hall–Kier alpha value is -0.790. The van der Waals surface area contributed by atoms with Gasteiger partial charge in [-0.2, -0.15) is 0 Å². The van der Waals surface area contributed by atoms with Crippen molar-refractivity contribution in [2.45, 2.75) is 6.92 Å². The van der Waals surface area contributed by atoms with E-state index in [9.17, 15) is 0 Å². The van der Waals surface area contributed by atoms with E-state index < -0.39 is 0 Å². The fraction of sp³-hybridized carbons (Fsp3) is 0.400. The Kier molecular flexibility index (Phi) is 1.11. The molecule has 2 nitrogen and oxygen atoms in total. The minimum absolute atomic E-state index is 0.719. The zero-order chi connectivity index (χ0) is 5.11. The number of aliphatic imine (C=N–C) groups is 1. The first-order valence-electron chi connectivity index (χ1n) is 2.23. The second-order valence-corrected chi connectivity index (χ2v) is 1.32. The molecule has 1 aliphatic rings. The Balaban J connectivity index is 2.51. The van der Waals surface area contributed by atoms with Gasteiger partial charge in [0.2, 0.25) is 0 Å². The molecule has 0 radical (unpaired) electrons. The molecule has 1 aliphatic heterocycles. The molecule has 7 heavy (non-hydrogen) atoms. The second kappa shape index (κ2) is 1.78. The molecule has 0 aromatic rings. The topological polar surface area (TPSA) is 21.6 Å². The van der Waals surface area contributed by atoms with Crippen LogP contribution >= 0.6 is 0 Å². The number of hydrogen-bond acceptors (Lipinski definition) is 2. The van der Waals surface area contributed by atoms with E-state index in [-0.39, 0.29) is 0 Å². The number of nitrogens with zero attached hydrogens (tertiary/aromatic N) is 1. The average molecular weight is 97.1 g/mol. The standard InChI is InChI=1S/C5H7NO/c1-2-5-3-6-4-7-5/h2,4H,3H2,1H3/b5-2-. The third-order valence-electron chi connectivity index (χ3n) is 0.848. The van der Waals surface area contributed by atoms with Crippen molar-refractivity contribution >= 4 is 6.40 Å². The molecule has 0 saturated carbocycles. The van der Waals surface area contributed by atoms with Crippen LogP contribution in [0.15, 0.2) is 16.8 Å². The summed E-state index contributed by atoms with van der Waals surface area (Å²) >= 11 is 0. The molecule has 0 atom stereocenters. The summed E-state index contributed by atoms with van der Waals surface area (Å²) in [4.78, 5) is 3.82. The molecule has 0 saturated heterocycles. The van der Waals surface area contributed by atoms with Gasteiger partial charge >= 0.3 is 0 Å². The maximum Gasteiger partial charge on any atom is 0.176 e. The number of hydrogen-bond donors (Lipinski definition) is 0. The molecule has 0 unspecified atom stereocenters. The van der Waals surface area contributed by atoms with E-state index in [1.165, 1.54) is 6.40 Å². The van der Waals surface area contributed by atoms with E-state index in [1.54, 1.807) is 0 Å². The van der Waals surface area contributed by atoms with Gasteiger partial charge in [-0.15, -0.1) is 0 Å². The van der Waals surface area contributed by atoms with Gasteiger partial charge in [-0.3, -0.25) is 4.99 Å². The molecule has 1 rings (SSSR count). The summed E-state index contributed by atoms with van der Waals surface area (Å²) in [6.07, 6.45) is 3.38. The summed E-state index contributed by atoms with van der Waals surface area (Å²) in [6.45, 7) is 2.65. The van der Waals surface area contributed by atoms with Crippen molar-refractivity contribution in [2.75, 3.05) is 6.54 Å². The third kappa shape index (κ3) is 0.796. The highest BCUT2D eigenvalue weighted by Gasteiger charge is 1.96. The highest BCUT2D eigenvalue weighted by Crippen LogP contribution is 2.00. The molecular weight excluding hydrogens is 90.1 g/mol. The molecule has 0 spiro atoms. The fourth-order valence-corrected chi connectivity index (χ4v) is 0.429. The highest BCUT2D eigenvalue weighted by molar-refractivity contribution is 5.51. The molecule has 0 aromatic carbocycles. The van der Waals surface area contributed by atoms with Gasteiger partial charge in [0.25, 0.3) is 0 Å². The highest BCUT2D eigenvalue weighted by atomic mass is 16.5. The van der Waals surface area contributed by atoms with Gasteiger partial charge in [-0.25, -0.2) is 0 Å². The van der Waals surface area contributed by atoms with Crippen LogP contribution in [0, 0.1) is 0 Å². The van der Waals surface area contributed by atoms with Gasteiger partial charge in [-0.1, -0.05) is 0 Å². The first-order valence-corrected chi connectivity index (χ1v) is 2.23. The second-order valence-electron chi connectivity index (χ2n) is 1.32. The summed E-state index contributed by atoms with van der Waals surface area (Å²) in [5.74, 6) is 0.944. The monoisotopic (exact) mass is 97.1 g/mol. The van der Waals surface area contributed by atoms with Crippen LogP contribution in [0.2, 0.25) is 0 Å². The number of allylic oxidation sites excluding steroid dienone is 1. The smallest absolute Gasteiger partial charge is 0.176 e. The molecule has 0 N–H and O–H groups in total. The van der Waals surface area contributed by atoms with Crippen LogP contribution in [0.4, 0.5) is 0 Å². The van der Waals surface area contributed by atoms with Crippen molar-refractivity contribution in [1.29, 1.82) is 0 Å². The van der Waals surface area contributed by atoms with Crippen LogP contribution in [0.3, 0.4) is 0 Å². The van der Waals surface area contributed by atoms with Crippen molar-refractivity contribution in [3.05, 3.63) is 11.8 Å². The minimum Gasteiger partial charge on any atom is -0.449 e. The molecule has 2 heteroatoms. The van der Waals surface area contributed by atoms with Crippen molar-refractivity contribution in [1.82, 2.24) is 0 Å². The van der Waals surface area contributed by atoms with Crippen molar-refractivity contribution < 1.29 is 4.74 Å². The number of ether oxygens (including phenoxy) is 1. The molecule has 38 valence electrons. The van der Waals surface area contributed by atoms with Gasteiger partial charge in [-0.05, 0) is 13.0 Å². The van der Waals surface area contributed by atoms with Crippen LogP contribution in [0.5, 0.6) is 0 Å². The maximum absolute atomic E-state index is 4.87. The molecule has 0 fully saturated rings. The van der Waals surface area contributed by atoms with Crippen LogP contribution < -0.4 is 0 Å². The van der Waals surface area contributed by atoms with Gasteiger partial charge in [0.05, 0.1) is 6.54 Å². The van der Waals surface area contributed by atoms with E-state index >= 15 is 0 Å². The number of rotatable bonds is 0. The van der Waals surface area contributed by atoms with Crippen LogP contribution in [-0.4, -0.2) is 12.9 Å². The lowest BCUT2D eigenvalue weighted by Gasteiger charge is -1.87. The van der Waals surface area contributed by atoms with Gasteiger partial charge in [0.1, 0.15) is 5.76 Å². The molecule has 0 amide bonds. The largest absolute Gasteiger partial charge is 0.449 e. The van der Waals surface area contributed by atoms with E-state index in [2.05, 4.69) is 4.99 Å². The molecule has 1 heterocycles. The Morgan fingerprint density at radius 3 is 3.14 bits per heavy atom. The Labute approximate surface area is 42.5 Å². The predicted octanol–water partition coefficient (Wildman–Crippen LogP) is 0.949. The fourth-order valence-electron chi connectivity index (χ4n) is 0.429. The summed E-state index contributed by atoms with van der Waals surface area (Å²) in [7, 11) is 0. The average Bonchev–Trinajstić information content (AvgIpc) is 2.14. The van der Waals surface area contributed by atoms with Gasteiger partial charge in [0.15, 0.2) is 6.40 Å². The van der Waals surface area contributed by atoms with Crippen molar-refractivity contribution in [3.63, 3.8) is 0 Å². The van der Waals surface area contributed by atoms with E-state index in [0.717, 1.165) is 12.3 Å². The van der Waals surface area contributed by atoms with Crippen molar-refractivity contribution in [2.24, 2.45) is 4.99 Å². The van der Waals surface area contributed by atoms with Crippen LogP contribution in [-0.2, 0) is 4.74 Å². The molecular formula is C5H7NO. The first kappa shape index (κ1) is 4.37. The minimum atomic E-state index is 0.719. The van der Waals surface area contributed by atoms with Crippen molar-refractivity contribution in [3.8, 4) is 0 Å². The Bertz CT molecular complexity index is 105. The quantitative estimate of drug-likeness (QED) is 0.441.